The summed E-state index contributed by atoms with van der Waals surface area (Å²) in [6.45, 7) is 0. The van der Waals surface area contributed by atoms with Crippen molar-refractivity contribution in [3.63, 3.8) is 0 Å². The van der Waals surface area contributed by atoms with E-state index in [1.54, 1.807) is 4.72 Å². The Morgan fingerprint density at radius 2 is 2.09 bits per heavy atom. The van der Waals surface area contributed by atoms with Gasteiger partial charge in [-0.15, -0.1) is 0 Å². The minimum Gasteiger partial charge on any atom is -0.273 e. The average Bonchev–Trinajstić information content (AvgIpc) is 2.40. The molecule has 1 heterocycles. The lowest BCUT2D eigenvalue weighted by Gasteiger charge is -2.18. The summed E-state index contributed by atoms with van der Waals surface area (Å²) >= 11 is 5.55. The predicted molar refractivity (Wildman–Crippen MR) is 76.2 cm³/mol. The highest BCUT2D eigenvalue weighted by Gasteiger charge is 2.27. The zero-order valence-corrected chi connectivity index (χ0v) is 12.9. The predicted octanol–water partition coefficient (Wildman–Crippen LogP) is 0.892. The number of carbonyl (C=O) groups is 2. The van der Waals surface area contributed by atoms with Gasteiger partial charge in [0.2, 0.25) is 5.91 Å². The van der Waals surface area contributed by atoms with Gasteiger partial charge in [-0.2, -0.15) is 5.10 Å². The highest BCUT2D eigenvalue weighted by Crippen LogP contribution is 2.19. The molecule has 0 atom stereocenters. The van der Waals surface area contributed by atoms with Crippen LogP contribution in [-0.4, -0.2) is 38.0 Å². The van der Waals surface area contributed by atoms with Crippen LogP contribution in [0.5, 0.6) is 0 Å². The fraction of sp³-hybridized carbons (Fsp3) is 0.250. The normalized spacial score (nSPS) is 15.5. The maximum atomic E-state index is 13.7. The van der Waals surface area contributed by atoms with Crippen LogP contribution in [0.2, 0.25) is 5.02 Å². The van der Waals surface area contributed by atoms with Crippen molar-refractivity contribution in [2.24, 2.45) is 5.10 Å². The number of hydrogen-bond donors (Lipinski definition) is 1. The summed E-state index contributed by atoms with van der Waals surface area (Å²) in [5, 5.41) is 4.67. The number of nitrogens with one attached hydrogen (secondary N) is 1. The Kier molecular flexibility index (Phi) is 4.47. The number of amides is 2. The highest BCUT2D eigenvalue weighted by atomic mass is 35.5. The Balaban J connectivity index is 2.24. The third kappa shape index (κ3) is 3.42. The van der Waals surface area contributed by atoms with E-state index < -0.39 is 26.6 Å². The second-order valence-electron chi connectivity index (χ2n) is 4.47. The van der Waals surface area contributed by atoms with Crippen molar-refractivity contribution in [3.8, 4) is 0 Å². The Morgan fingerprint density at radius 3 is 2.68 bits per heavy atom. The second kappa shape index (κ2) is 6.01. The smallest absolute Gasteiger partial charge is 0.273 e. The molecular formula is C12H11ClFN3O4S. The molecule has 0 aromatic heterocycles. The largest absolute Gasteiger partial charge is 0.281 e. The van der Waals surface area contributed by atoms with Gasteiger partial charge in [0, 0.05) is 24.9 Å². The minimum atomic E-state index is -4.40. The zero-order valence-electron chi connectivity index (χ0n) is 11.3. The van der Waals surface area contributed by atoms with E-state index in [2.05, 4.69) is 5.10 Å². The number of carbonyl (C=O) groups excluding carboxylic acids is 2. The highest BCUT2D eigenvalue weighted by molar-refractivity contribution is 7.90. The third-order valence-corrected chi connectivity index (χ3v) is 4.48. The van der Waals surface area contributed by atoms with Crippen molar-refractivity contribution in [2.45, 2.75) is 17.7 Å². The molecule has 0 fully saturated rings. The summed E-state index contributed by atoms with van der Waals surface area (Å²) in [6.07, 6.45) is 0.0474. The van der Waals surface area contributed by atoms with Crippen molar-refractivity contribution in [2.75, 3.05) is 7.05 Å². The first kappa shape index (κ1) is 16.4. The molecule has 1 aliphatic rings. The molecule has 0 aliphatic carbocycles. The molecule has 1 aromatic rings. The van der Waals surface area contributed by atoms with Crippen LogP contribution in [0.25, 0.3) is 0 Å². The first-order valence-electron chi connectivity index (χ1n) is 6.07. The van der Waals surface area contributed by atoms with E-state index in [4.69, 9.17) is 11.6 Å². The van der Waals surface area contributed by atoms with Gasteiger partial charge in [0.05, 0.1) is 0 Å². The Hall–Kier alpha value is -2.00. The molecule has 0 bridgehead atoms. The van der Waals surface area contributed by atoms with Crippen molar-refractivity contribution < 1.29 is 22.4 Å². The van der Waals surface area contributed by atoms with Crippen LogP contribution < -0.4 is 4.72 Å². The van der Waals surface area contributed by atoms with Gasteiger partial charge in [0.25, 0.3) is 15.9 Å². The van der Waals surface area contributed by atoms with Gasteiger partial charge >= 0.3 is 0 Å². The van der Waals surface area contributed by atoms with E-state index in [1.165, 1.54) is 13.1 Å². The quantitative estimate of drug-likeness (QED) is 0.878. The van der Waals surface area contributed by atoms with Crippen molar-refractivity contribution in [1.82, 2.24) is 9.73 Å². The minimum absolute atomic E-state index is 0.00757. The van der Waals surface area contributed by atoms with Crippen molar-refractivity contribution in [1.29, 1.82) is 0 Å². The monoisotopic (exact) mass is 347 g/mol. The molecule has 1 aliphatic heterocycles. The lowest BCUT2D eigenvalue weighted by atomic mass is 10.1. The van der Waals surface area contributed by atoms with Crippen molar-refractivity contribution >= 4 is 39.2 Å². The Morgan fingerprint density at radius 1 is 1.41 bits per heavy atom. The maximum absolute atomic E-state index is 13.7. The summed E-state index contributed by atoms with van der Waals surface area (Å²) in [5.74, 6) is -2.37. The number of nitrogens with zero attached hydrogens (tertiary/aromatic N) is 2. The van der Waals surface area contributed by atoms with Crippen LogP contribution in [-0.2, 0) is 19.6 Å². The lowest BCUT2D eigenvalue weighted by molar-refractivity contribution is -0.130. The van der Waals surface area contributed by atoms with E-state index in [9.17, 15) is 22.4 Å². The van der Waals surface area contributed by atoms with Crippen LogP contribution in [0.15, 0.2) is 28.2 Å². The van der Waals surface area contributed by atoms with E-state index in [0.29, 0.717) is 0 Å². The fourth-order valence-electron chi connectivity index (χ4n) is 1.76. The van der Waals surface area contributed by atoms with E-state index in [1.807, 2.05) is 0 Å². The summed E-state index contributed by atoms with van der Waals surface area (Å²) in [6, 6.07) is 2.96. The molecule has 1 aromatic carbocycles. The summed E-state index contributed by atoms with van der Waals surface area (Å²) in [7, 11) is -3.06. The molecule has 10 heteroatoms. The van der Waals surface area contributed by atoms with Crippen LogP contribution in [0.4, 0.5) is 4.39 Å². The molecule has 1 N–H and O–H groups in total. The standard InChI is InChI=1S/C12H11ClFN3O4S/c1-17-11(18)5-3-9(15-17)12(19)16-22(20,21)10-4-2-7(13)6-8(10)14/h2,4,6H,3,5H2,1H3,(H,16,19). The van der Waals surface area contributed by atoms with Crippen LogP contribution in [0.3, 0.4) is 0 Å². The van der Waals surface area contributed by atoms with E-state index in [-0.39, 0.29) is 29.5 Å². The van der Waals surface area contributed by atoms with Gasteiger partial charge < -0.3 is 0 Å². The molecule has 0 radical (unpaired) electrons. The van der Waals surface area contributed by atoms with Gasteiger partial charge in [0.1, 0.15) is 16.4 Å². The molecular weight excluding hydrogens is 337 g/mol. The van der Waals surface area contributed by atoms with Crippen molar-refractivity contribution in [3.05, 3.63) is 29.0 Å². The van der Waals surface area contributed by atoms with Gasteiger partial charge in [-0.3, -0.25) is 9.59 Å². The van der Waals surface area contributed by atoms with Crippen LogP contribution in [0, 0.1) is 5.82 Å². The first-order chi connectivity index (χ1) is 10.2. The number of sulfonamides is 1. The molecule has 0 saturated carbocycles. The van der Waals surface area contributed by atoms with Gasteiger partial charge in [-0.25, -0.2) is 22.5 Å². The Bertz CT molecular complexity index is 779. The number of hydrogen-bond acceptors (Lipinski definition) is 5. The Labute approximate surface area is 130 Å². The van der Waals surface area contributed by atoms with Crippen LogP contribution in [0.1, 0.15) is 12.8 Å². The first-order valence-corrected chi connectivity index (χ1v) is 7.93. The number of rotatable bonds is 3. The van der Waals surface area contributed by atoms with Gasteiger partial charge in [0.15, 0.2) is 0 Å². The molecule has 7 nitrogen and oxygen atoms in total. The van der Waals surface area contributed by atoms with Gasteiger partial charge in [-0.1, -0.05) is 11.6 Å². The molecule has 2 amide bonds. The number of benzene rings is 1. The summed E-state index contributed by atoms with van der Waals surface area (Å²) < 4.78 is 39.4. The zero-order chi connectivity index (χ0) is 16.5. The second-order valence-corrected chi connectivity index (χ2v) is 6.56. The topological polar surface area (TPSA) is 95.9 Å². The van der Waals surface area contributed by atoms with E-state index in [0.717, 1.165) is 17.1 Å². The third-order valence-electron chi connectivity index (χ3n) is 2.88. The number of halogens is 2. The molecule has 0 saturated heterocycles. The molecule has 118 valence electrons. The molecule has 2 rings (SSSR count). The number of hydrazone groups is 1. The summed E-state index contributed by atoms with van der Waals surface area (Å²) in [5.41, 5.74) is -0.125. The summed E-state index contributed by atoms with van der Waals surface area (Å²) in [4.78, 5) is 22.5. The fourth-order valence-corrected chi connectivity index (χ4v) is 2.96. The SMILES string of the molecule is CN1N=C(C(=O)NS(=O)(=O)c2ccc(Cl)cc2F)CCC1=O. The maximum Gasteiger partial charge on any atom is 0.281 e. The molecule has 0 unspecified atom stereocenters. The molecule has 22 heavy (non-hydrogen) atoms. The lowest BCUT2D eigenvalue weighted by Crippen LogP contribution is -2.40. The average molecular weight is 348 g/mol. The van der Waals surface area contributed by atoms with Gasteiger partial charge in [-0.05, 0) is 18.2 Å². The van der Waals surface area contributed by atoms with Crippen LogP contribution >= 0.6 is 11.6 Å². The van der Waals surface area contributed by atoms with E-state index >= 15 is 0 Å². The molecule has 0 spiro atoms.